The molecule has 0 bridgehead atoms. The number of aliphatic hydroxyl groups excluding tert-OH is 1. The number of aryl methyl sites for hydroxylation is 3. The van der Waals surface area contributed by atoms with Crippen LogP contribution in [0, 0.1) is 0 Å². The van der Waals surface area contributed by atoms with Crippen molar-refractivity contribution in [1.29, 1.82) is 0 Å². The molecule has 0 aliphatic heterocycles. The Labute approximate surface area is 116 Å². The van der Waals surface area contributed by atoms with Gasteiger partial charge in [-0.1, -0.05) is 6.07 Å². The summed E-state index contributed by atoms with van der Waals surface area (Å²) in [7, 11) is 2.07. The number of rotatable bonds is 1. The summed E-state index contributed by atoms with van der Waals surface area (Å²) in [5.41, 5.74) is 6.71. The second-order valence-electron chi connectivity index (χ2n) is 5.25. The molecule has 2 heterocycles. The Kier molecular flexibility index (Phi) is 2.41. The molecule has 20 heavy (non-hydrogen) atoms. The molecule has 2 aromatic heterocycles. The Bertz CT molecular complexity index is 820. The van der Waals surface area contributed by atoms with E-state index in [1.54, 1.807) is 12.4 Å². The molecule has 1 aliphatic rings. The molecule has 0 unspecified atom stereocenters. The number of fused-ring (bicyclic) bond motifs is 5. The molecule has 0 saturated heterocycles. The standard InChI is InChI=1S/C16H15N3O/c1-19-14-5-2-10(9-20)8-12(14)11-3-4-13-15(16(11)19)18-7-6-17-13/h2,5-8,20H,3-4,9H2,1H3. The Morgan fingerprint density at radius 1 is 1.20 bits per heavy atom. The highest BCUT2D eigenvalue weighted by Gasteiger charge is 2.24. The van der Waals surface area contributed by atoms with Gasteiger partial charge < -0.3 is 9.67 Å². The largest absolute Gasteiger partial charge is 0.392 e. The van der Waals surface area contributed by atoms with Gasteiger partial charge in [-0.15, -0.1) is 0 Å². The minimum atomic E-state index is 0.0794. The fourth-order valence-electron chi connectivity index (χ4n) is 3.21. The molecule has 0 spiro atoms. The molecular weight excluding hydrogens is 250 g/mol. The average Bonchev–Trinajstić information content (AvgIpc) is 2.80. The van der Waals surface area contributed by atoms with Crippen LogP contribution >= 0.6 is 0 Å². The highest BCUT2D eigenvalue weighted by Crippen LogP contribution is 2.37. The van der Waals surface area contributed by atoms with E-state index in [2.05, 4.69) is 33.7 Å². The Morgan fingerprint density at radius 3 is 2.90 bits per heavy atom. The lowest BCUT2D eigenvalue weighted by Crippen LogP contribution is -2.08. The van der Waals surface area contributed by atoms with Crippen molar-refractivity contribution in [3.05, 3.63) is 47.4 Å². The van der Waals surface area contributed by atoms with Crippen molar-refractivity contribution >= 4 is 10.9 Å². The van der Waals surface area contributed by atoms with Crippen LogP contribution in [0.25, 0.3) is 22.3 Å². The van der Waals surface area contributed by atoms with Crippen molar-refractivity contribution in [2.45, 2.75) is 19.4 Å². The van der Waals surface area contributed by atoms with E-state index in [-0.39, 0.29) is 6.61 Å². The van der Waals surface area contributed by atoms with Gasteiger partial charge in [-0.3, -0.25) is 9.97 Å². The third-order valence-corrected chi connectivity index (χ3v) is 4.16. The van der Waals surface area contributed by atoms with Crippen LogP contribution in [0.4, 0.5) is 0 Å². The molecule has 4 nitrogen and oxygen atoms in total. The highest BCUT2D eigenvalue weighted by molar-refractivity contribution is 5.92. The van der Waals surface area contributed by atoms with Crippen LogP contribution in [0.15, 0.2) is 30.6 Å². The van der Waals surface area contributed by atoms with E-state index in [1.165, 1.54) is 22.2 Å². The van der Waals surface area contributed by atoms with Crippen molar-refractivity contribution < 1.29 is 5.11 Å². The number of hydrogen-bond donors (Lipinski definition) is 1. The van der Waals surface area contributed by atoms with Gasteiger partial charge in [-0.25, -0.2) is 0 Å². The summed E-state index contributed by atoms with van der Waals surface area (Å²) in [6, 6.07) is 6.15. The third kappa shape index (κ3) is 1.45. The smallest absolute Gasteiger partial charge is 0.108 e. The number of nitrogens with zero attached hydrogens (tertiary/aromatic N) is 3. The van der Waals surface area contributed by atoms with Crippen molar-refractivity contribution in [1.82, 2.24) is 14.5 Å². The molecule has 0 amide bonds. The van der Waals surface area contributed by atoms with Gasteiger partial charge in [0.15, 0.2) is 0 Å². The van der Waals surface area contributed by atoms with E-state index >= 15 is 0 Å². The minimum absolute atomic E-state index is 0.0794. The van der Waals surface area contributed by atoms with E-state index in [1.807, 2.05) is 6.07 Å². The minimum Gasteiger partial charge on any atom is -0.392 e. The number of aliphatic hydroxyl groups is 1. The van der Waals surface area contributed by atoms with Crippen molar-refractivity contribution in [2.75, 3.05) is 0 Å². The molecule has 3 aromatic rings. The zero-order valence-electron chi connectivity index (χ0n) is 11.3. The van der Waals surface area contributed by atoms with Crippen molar-refractivity contribution in [2.24, 2.45) is 7.05 Å². The lowest BCUT2D eigenvalue weighted by molar-refractivity contribution is 0.282. The first kappa shape index (κ1) is 11.6. The molecule has 1 N–H and O–H groups in total. The molecular formula is C16H15N3O. The topological polar surface area (TPSA) is 50.9 Å². The van der Waals surface area contributed by atoms with E-state index < -0.39 is 0 Å². The summed E-state index contributed by atoms with van der Waals surface area (Å²) in [4.78, 5) is 8.97. The van der Waals surface area contributed by atoms with Crippen LogP contribution in [0.2, 0.25) is 0 Å². The van der Waals surface area contributed by atoms with Gasteiger partial charge >= 0.3 is 0 Å². The van der Waals surface area contributed by atoms with Gasteiger partial charge in [0.2, 0.25) is 0 Å². The SMILES string of the molecule is Cn1c2c(c3cc(CO)ccc31)CCc1nccnc1-2. The molecule has 100 valence electrons. The summed E-state index contributed by atoms with van der Waals surface area (Å²) in [5.74, 6) is 0. The van der Waals surface area contributed by atoms with Gasteiger partial charge in [0, 0.05) is 30.3 Å². The van der Waals surface area contributed by atoms with Crippen LogP contribution in [-0.4, -0.2) is 19.6 Å². The van der Waals surface area contributed by atoms with Crippen LogP contribution in [0.3, 0.4) is 0 Å². The van der Waals surface area contributed by atoms with E-state index in [0.717, 1.165) is 29.8 Å². The van der Waals surface area contributed by atoms with Crippen molar-refractivity contribution in [3.63, 3.8) is 0 Å². The van der Waals surface area contributed by atoms with E-state index in [0.29, 0.717) is 0 Å². The Morgan fingerprint density at radius 2 is 2.05 bits per heavy atom. The van der Waals surface area contributed by atoms with Crippen LogP contribution in [0.5, 0.6) is 0 Å². The van der Waals surface area contributed by atoms with E-state index in [9.17, 15) is 5.11 Å². The van der Waals surface area contributed by atoms with Crippen molar-refractivity contribution in [3.8, 4) is 11.4 Å². The Hall–Kier alpha value is -2.20. The Balaban J connectivity index is 2.09. The lowest BCUT2D eigenvalue weighted by Gasteiger charge is -2.15. The summed E-state index contributed by atoms with van der Waals surface area (Å²) in [6.07, 6.45) is 5.42. The molecule has 0 atom stereocenters. The van der Waals surface area contributed by atoms with Gasteiger partial charge in [0.1, 0.15) is 5.69 Å². The van der Waals surface area contributed by atoms with Gasteiger partial charge in [0.05, 0.1) is 18.0 Å². The summed E-state index contributed by atoms with van der Waals surface area (Å²) >= 11 is 0. The molecule has 0 radical (unpaired) electrons. The third-order valence-electron chi connectivity index (χ3n) is 4.16. The van der Waals surface area contributed by atoms with Gasteiger partial charge in [-0.2, -0.15) is 0 Å². The first-order valence-electron chi connectivity index (χ1n) is 6.81. The average molecular weight is 265 g/mol. The monoisotopic (exact) mass is 265 g/mol. The predicted octanol–water partition coefficient (Wildman–Crippen LogP) is 2.23. The maximum Gasteiger partial charge on any atom is 0.108 e. The summed E-state index contributed by atoms with van der Waals surface area (Å²) in [5, 5.41) is 10.6. The second-order valence-corrected chi connectivity index (χ2v) is 5.25. The van der Waals surface area contributed by atoms with Gasteiger partial charge in [0.25, 0.3) is 0 Å². The molecule has 1 aromatic carbocycles. The quantitative estimate of drug-likeness (QED) is 0.734. The second kappa shape index (κ2) is 4.15. The summed E-state index contributed by atoms with van der Waals surface area (Å²) < 4.78 is 2.19. The number of hydrogen-bond acceptors (Lipinski definition) is 3. The number of aromatic nitrogens is 3. The fraction of sp³-hybridized carbons (Fsp3) is 0.250. The van der Waals surface area contributed by atoms with Crippen LogP contribution in [-0.2, 0) is 26.5 Å². The first-order valence-corrected chi connectivity index (χ1v) is 6.81. The molecule has 0 saturated carbocycles. The van der Waals surface area contributed by atoms with Crippen LogP contribution < -0.4 is 0 Å². The first-order chi connectivity index (χ1) is 9.79. The van der Waals surface area contributed by atoms with Gasteiger partial charge in [-0.05, 0) is 36.1 Å². The molecule has 4 rings (SSSR count). The van der Waals surface area contributed by atoms with Crippen LogP contribution in [0.1, 0.15) is 16.8 Å². The zero-order chi connectivity index (χ0) is 13.7. The zero-order valence-corrected chi connectivity index (χ0v) is 11.3. The maximum atomic E-state index is 9.34. The lowest BCUT2D eigenvalue weighted by atomic mass is 9.95. The van der Waals surface area contributed by atoms with E-state index in [4.69, 9.17) is 0 Å². The predicted molar refractivity (Wildman–Crippen MR) is 77.3 cm³/mol. The molecule has 4 heteroatoms. The highest BCUT2D eigenvalue weighted by atomic mass is 16.3. The summed E-state index contributed by atoms with van der Waals surface area (Å²) in [6.45, 7) is 0.0794. The normalized spacial score (nSPS) is 13.3. The fourth-order valence-corrected chi connectivity index (χ4v) is 3.21. The number of benzene rings is 1. The maximum absolute atomic E-state index is 9.34. The molecule has 0 fully saturated rings. The molecule has 1 aliphatic carbocycles.